The van der Waals surface area contributed by atoms with Crippen molar-refractivity contribution < 1.29 is 9.53 Å². The summed E-state index contributed by atoms with van der Waals surface area (Å²) in [7, 11) is 0. The lowest BCUT2D eigenvalue weighted by atomic mass is 10.1. The van der Waals surface area contributed by atoms with Crippen LogP contribution in [0.2, 0.25) is 0 Å². The Morgan fingerprint density at radius 2 is 2.00 bits per heavy atom. The fraction of sp³-hybridized carbons (Fsp3) is 0.176. The highest BCUT2D eigenvalue weighted by Crippen LogP contribution is 2.27. The quantitative estimate of drug-likeness (QED) is 0.532. The third-order valence-electron chi connectivity index (χ3n) is 3.42. The van der Waals surface area contributed by atoms with Gasteiger partial charge in [-0.25, -0.2) is 4.79 Å². The van der Waals surface area contributed by atoms with Gasteiger partial charge in [0, 0.05) is 20.2 Å². The Bertz CT molecular complexity index is 909. The monoisotopic (exact) mass is 298 g/mol. The molecule has 0 saturated heterocycles. The van der Waals surface area contributed by atoms with E-state index in [1.807, 2.05) is 25.1 Å². The molecular weight excluding hydrogens is 284 g/mol. The van der Waals surface area contributed by atoms with Crippen LogP contribution >= 0.6 is 11.3 Å². The van der Waals surface area contributed by atoms with Gasteiger partial charge in [-0.15, -0.1) is 11.3 Å². The molecule has 0 aliphatic heterocycles. The molecule has 0 saturated carbocycles. The maximum absolute atomic E-state index is 12.6. The second-order valence-electron chi connectivity index (χ2n) is 4.81. The molecule has 0 amide bonds. The van der Waals surface area contributed by atoms with Crippen LogP contribution in [0.4, 0.5) is 0 Å². The third-order valence-corrected chi connectivity index (χ3v) is 4.54. The zero-order chi connectivity index (χ0) is 15.0. The van der Waals surface area contributed by atoms with Gasteiger partial charge in [0.25, 0.3) is 0 Å². The van der Waals surface area contributed by atoms with Crippen molar-refractivity contribution in [3.8, 4) is 0 Å². The lowest BCUT2D eigenvalue weighted by Crippen LogP contribution is -2.06. The zero-order valence-corrected chi connectivity index (χ0v) is 12.6. The second kappa shape index (κ2) is 5.30. The SMILES string of the molecule is CCOC(=O)c1ccc2c(=O)c3c(C)cccc3sc2c1. The molecule has 3 rings (SSSR count). The number of ether oxygens (including phenoxy) is 1. The molecule has 3 aromatic rings. The van der Waals surface area contributed by atoms with Crippen LogP contribution in [0, 0.1) is 6.92 Å². The minimum Gasteiger partial charge on any atom is -0.462 e. The normalized spacial score (nSPS) is 11.0. The van der Waals surface area contributed by atoms with Crippen LogP contribution in [0.15, 0.2) is 41.2 Å². The van der Waals surface area contributed by atoms with Crippen LogP contribution in [-0.2, 0) is 4.74 Å². The molecule has 21 heavy (non-hydrogen) atoms. The Kier molecular flexibility index (Phi) is 3.47. The van der Waals surface area contributed by atoms with Gasteiger partial charge in [-0.05, 0) is 43.7 Å². The van der Waals surface area contributed by atoms with E-state index >= 15 is 0 Å². The molecule has 0 aliphatic carbocycles. The average Bonchev–Trinajstić information content (AvgIpc) is 2.47. The van der Waals surface area contributed by atoms with E-state index in [0.29, 0.717) is 17.6 Å². The van der Waals surface area contributed by atoms with Crippen molar-refractivity contribution in [2.24, 2.45) is 0 Å². The Morgan fingerprint density at radius 3 is 2.76 bits per heavy atom. The van der Waals surface area contributed by atoms with Gasteiger partial charge in [0.1, 0.15) is 0 Å². The minimum absolute atomic E-state index is 0.0206. The molecule has 0 bridgehead atoms. The summed E-state index contributed by atoms with van der Waals surface area (Å²) < 4.78 is 6.75. The largest absolute Gasteiger partial charge is 0.462 e. The average molecular weight is 298 g/mol. The summed E-state index contributed by atoms with van der Waals surface area (Å²) in [5.74, 6) is -0.358. The van der Waals surface area contributed by atoms with Gasteiger partial charge in [-0.3, -0.25) is 4.79 Å². The van der Waals surface area contributed by atoms with E-state index in [-0.39, 0.29) is 11.4 Å². The molecule has 1 heterocycles. The summed E-state index contributed by atoms with van der Waals surface area (Å²) in [5.41, 5.74) is 1.48. The highest BCUT2D eigenvalue weighted by molar-refractivity contribution is 7.24. The molecule has 0 N–H and O–H groups in total. The van der Waals surface area contributed by atoms with Gasteiger partial charge in [0.05, 0.1) is 12.2 Å². The standard InChI is InChI=1S/C17H14O3S/c1-3-20-17(19)11-7-8-12-14(9-11)21-13-6-4-5-10(2)15(13)16(12)18/h4-9H,3H2,1-2H3. The van der Waals surface area contributed by atoms with Gasteiger partial charge in [0.15, 0.2) is 5.43 Å². The highest BCUT2D eigenvalue weighted by Gasteiger charge is 2.11. The molecule has 0 spiro atoms. The van der Waals surface area contributed by atoms with Crippen molar-refractivity contribution in [1.29, 1.82) is 0 Å². The molecule has 0 radical (unpaired) electrons. The van der Waals surface area contributed by atoms with E-state index in [0.717, 1.165) is 20.3 Å². The smallest absolute Gasteiger partial charge is 0.338 e. The van der Waals surface area contributed by atoms with E-state index in [9.17, 15) is 9.59 Å². The molecule has 106 valence electrons. The predicted octanol–water partition coefficient (Wildman–Crippen LogP) is 3.90. The molecule has 0 fully saturated rings. The van der Waals surface area contributed by atoms with E-state index in [1.54, 1.807) is 25.1 Å². The lowest BCUT2D eigenvalue weighted by Gasteiger charge is -2.05. The molecule has 0 unspecified atom stereocenters. The maximum atomic E-state index is 12.6. The minimum atomic E-state index is -0.358. The molecular formula is C17H14O3S. The molecule has 4 heteroatoms. The first-order valence-corrected chi connectivity index (χ1v) is 7.56. The van der Waals surface area contributed by atoms with Gasteiger partial charge < -0.3 is 4.74 Å². The van der Waals surface area contributed by atoms with E-state index in [4.69, 9.17) is 4.74 Å². The van der Waals surface area contributed by atoms with Gasteiger partial charge in [0.2, 0.25) is 0 Å². The number of hydrogen-bond acceptors (Lipinski definition) is 4. The third kappa shape index (κ3) is 2.32. The number of benzene rings is 2. The van der Waals surface area contributed by atoms with Crippen LogP contribution < -0.4 is 5.43 Å². The van der Waals surface area contributed by atoms with Crippen molar-refractivity contribution in [2.45, 2.75) is 13.8 Å². The molecule has 1 aromatic heterocycles. The van der Waals surface area contributed by atoms with E-state index in [2.05, 4.69) is 0 Å². The zero-order valence-electron chi connectivity index (χ0n) is 11.8. The van der Waals surface area contributed by atoms with E-state index in [1.165, 1.54) is 11.3 Å². The van der Waals surface area contributed by atoms with Gasteiger partial charge in [-0.2, -0.15) is 0 Å². The summed E-state index contributed by atoms with van der Waals surface area (Å²) in [5, 5.41) is 1.41. The number of aryl methyl sites for hydroxylation is 1. The van der Waals surface area contributed by atoms with Crippen molar-refractivity contribution in [1.82, 2.24) is 0 Å². The number of esters is 1. The van der Waals surface area contributed by atoms with E-state index < -0.39 is 0 Å². The Labute approximate surface area is 125 Å². The molecule has 0 aliphatic rings. The maximum Gasteiger partial charge on any atom is 0.338 e. The summed E-state index contributed by atoms with van der Waals surface area (Å²) >= 11 is 1.52. The number of hydrogen-bond donors (Lipinski definition) is 0. The van der Waals surface area contributed by atoms with Crippen LogP contribution in [0.25, 0.3) is 20.2 Å². The van der Waals surface area contributed by atoms with Gasteiger partial charge in [-0.1, -0.05) is 12.1 Å². The number of rotatable bonds is 2. The van der Waals surface area contributed by atoms with Crippen molar-refractivity contribution in [3.05, 3.63) is 57.7 Å². The van der Waals surface area contributed by atoms with Gasteiger partial charge >= 0.3 is 5.97 Å². The summed E-state index contributed by atoms with van der Waals surface area (Å²) in [6, 6.07) is 10.9. The first kappa shape index (κ1) is 13.8. The predicted molar refractivity (Wildman–Crippen MR) is 86.3 cm³/mol. The lowest BCUT2D eigenvalue weighted by molar-refractivity contribution is 0.0526. The van der Waals surface area contributed by atoms with Crippen molar-refractivity contribution in [2.75, 3.05) is 6.61 Å². The highest BCUT2D eigenvalue weighted by atomic mass is 32.1. The Hall–Kier alpha value is -2.20. The number of fused-ring (bicyclic) bond motifs is 2. The number of carbonyl (C=O) groups excluding carboxylic acids is 1. The van der Waals surface area contributed by atoms with Crippen molar-refractivity contribution in [3.63, 3.8) is 0 Å². The summed E-state index contributed by atoms with van der Waals surface area (Å²) in [6.07, 6.45) is 0. The first-order chi connectivity index (χ1) is 10.1. The molecule has 2 aromatic carbocycles. The van der Waals surface area contributed by atoms with Crippen LogP contribution in [-0.4, -0.2) is 12.6 Å². The first-order valence-electron chi connectivity index (χ1n) is 6.75. The topological polar surface area (TPSA) is 43.4 Å². The fourth-order valence-electron chi connectivity index (χ4n) is 2.41. The second-order valence-corrected chi connectivity index (χ2v) is 5.89. The Morgan fingerprint density at radius 1 is 1.19 bits per heavy atom. The molecule has 0 atom stereocenters. The van der Waals surface area contributed by atoms with Crippen LogP contribution in [0.5, 0.6) is 0 Å². The van der Waals surface area contributed by atoms with Crippen molar-refractivity contribution >= 4 is 37.5 Å². The van der Waals surface area contributed by atoms with Crippen LogP contribution in [0.3, 0.4) is 0 Å². The number of carbonyl (C=O) groups is 1. The Balaban J connectivity index is 2.30. The van der Waals surface area contributed by atoms with Crippen LogP contribution in [0.1, 0.15) is 22.8 Å². The summed E-state index contributed by atoms with van der Waals surface area (Å²) in [6.45, 7) is 4.05. The fourth-order valence-corrected chi connectivity index (χ4v) is 3.60. The molecule has 3 nitrogen and oxygen atoms in total. The summed E-state index contributed by atoms with van der Waals surface area (Å²) in [4.78, 5) is 24.4.